The highest BCUT2D eigenvalue weighted by atomic mass is 32.2. The molecule has 0 radical (unpaired) electrons. The molecule has 102 valence electrons. The standard InChI is InChI=1S/C11H20N4O2S/c1-18(16,17)7-6-14-4-2-11(3-5-14)15-9-10(12)8-13-15/h8-9,11H,2-7,12H2,1H3. The van der Waals surface area contributed by atoms with Crippen molar-refractivity contribution in [2.45, 2.75) is 18.9 Å². The molecule has 0 bridgehead atoms. The summed E-state index contributed by atoms with van der Waals surface area (Å²) >= 11 is 0. The Morgan fingerprint density at radius 2 is 2.11 bits per heavy atom. The van der Waals surface area contributed by atoms with Gasteiger partial charge in [0, 0.05) is 32.1 Å². The predicted molar refractivity (Wildman–Crippen MR) is 71.1 cm³/mol. The number of rotatable bonds is 4. The summed E-state index contributed by atoms with van der Waals surface area (Å²) in [6.45, 7) is 2.46. The Morgan fingerprint density at radius 3 is 2.61 bits per heavy atom. The van der Waals surface area contributed by atoms with Crippen LogP contribution in [0.1, 0.15) is 18.9 Å². The number of hydrogen-bond donors (Lipinski definition) is 1. The van der Waals surface area contributed by atoms with E-state index in [1.807, 2.05) is 10.9 Å². The van der Waals surface area contributed by atoms with Crippen LogP contribution >= 0.6 is 0 Å². The fourth-order valence-corrected chi connectivity index (χ4v) is 2.84. The maximum absolute atomic E-state index is 11.1. The fraction of sp³-hybridized carbons (Fsp3) is 0.727. The summed E-state index contributed by atoms with van der Waals surface area (Å²) in [5.74, 6) is 0.242. The third-order valence-electron chi connectivity index (χ3n) is 3.33. The van der Waals surface area contributed by atoms with Gasteiger partial charge in [-0.2, -0.15) is 5.10 Å². The number of sulfone groups is 1. The summed E-state index contributed by atoms with van der Waals surface area (Å²) in [5, 5.41) is 4.23. The molecule has 1 aliphatic rings. The molecule has 1 saturated heterocycles. The number of nitrogens with zero attached hydrogens (tertiary/aromatic N) is 3. The molecule has 0 unspecified atom stereocenters. The molecule has 2 rings (SSSR count). The maximum Gasteiger partial charge on any atom is 0.148 e. The minimum atomic E-state index is -2.86. The van der Waals surface area contributed by atoms with Crippen LogP contribution in [-0.2, 0) is 9.84 Å². The van der Waals surface area contributed by atoms with Crippen LogP contribution in [0.25, 0.3) is 0 Å². The van der Waals surface area contributed by atoms with Crippen molar-refractivity contribution in [3.05, 3.63) is 12.4 Å². The van der Waals surface area contributed by atoms with E-state index in [0.29, 0.717) is 18.3 Å². The average molecular weight is 272 g/mol. The van der Waals surface area contributed by atoms with Crippen LogP contribution in [-0.4, -0.2) is 54.7 Å². The van der Waals surface area contributed by atoms with Gasteiger partial charge < -0.3 is 10.6 Å². The lowest BCUT2D eigenvalue weighted by Gasteiger charge is -2.31. The van der Waals surface area contributed by atoms with Gasteiger partial charge in [-0.15, -0.1) is 0 Å². The van der Waals surface area contributed by atoms with E-state index in [1.54, 1.807) is 6.20 Å². The Labute approximate surface area is 108 Å². The van der Waals surface area contributed by atoms with E-state index in [-0.39, 0.29) is 5.75 Å². The first-order valence-electron chi connectivity index (χ1n) is 6.14. The SMILES string of the molecule is CS(=O)(=O)CCN1CCC(n2cc(N)cn2)CC1. The quantitative estimate of drug-likeness (QED) is 0.843. The molecule has 2 heterocycles. The molecule has 1 fully saturated rings. The van der Waals surface area contributed by atoms with Gasteiger partial charge in [0.15, 0.2) is 0 Å². The van der Waals surface area contributed by atoms with Gasteiger partial charge in [-0.05, 0) is 12.8 Å². The molecule has 1 aromatic rings. The molecule has 0 amide bonds. The first-order valence-corrected chi connectivity index (χ1v) is 8.20. The van der Waals surface area contributed by atoms with E-state index in [9.17, 15) is 8.42 Å². The Balaban J connectivity index is 1.81. The summed E-state index contributed by atoms with van der Waals surface area (Å²) in [4.78, 5) is 2.20. The summed E-state index contributed by atoms with van der Waals surface area (Å²) in [6.07, 6.45) is 6.79. The van der Waals surface area contributed by atoms with Crippen LogP contribution in [0.3, 0.4) is 0 Å². The van der Waals surface area contributed by atoms with Crippen LogP contribution in [0.4, 0.5) is 5.69 Å². The second kappa shape index (κ2) is 5.27. The third-order valence-corrected chi connectivity index (χ3v) is 4.26. The zero-order valence-corrected chi connectivity index (χ0v) is 11.4. The van der Waals surface area contributed by atoms with Crippen LogP contribution in [0.15, 0.2) is 12.4 Å². The van der Waals surface area contributed by atoms with Gasteiger partial charge in [0.05, 0.1) is 23.7 Å². The number of likely N-dealkylation sites (tertiary alicyclic amines) is 1. The molecule has 0 aliphatic carbocycles. The number of nitrogen functional groups attached to an aromatic ring is 1. The Morgan fingerprint density at radius 1 is 1.44 bits per heavy atom. The van der Waals surface area contributed by atoms with Crippen LogP contribution in [0.5, 0.6) is 0 Å². The topological polar surface area (TPSA) is 81.2 Å². The van der Waals surface area contributed by atoms with Crippen molar-refractivity contribution in [3.63, 3.8) is 0 Å². The monoisotopic (exact) mass is 272 g/mol. The van der Waals surface area contributed by atoms with E-state index in [2.05, 4.69) is 10.00 Å². The number of hydrogen-bond acceptors (Lipinski definition) is 5. The van der Waals surface area contributed by atoms with Gasteiger partial charge in [-0.1, -0.05) is 0 Å². The highest BCUT2D eigenvalue weighted by Gasteiger charge is 2.21. The van der Waals surface area contributed by atoms with Crippen LogP contribution in [0.2, 0.25) is 0 Å². The van der Waals surface area contributed by atoms with Gasteiger partial charge in [0.2, 0.25) is 0 Å². The van der Waals surface area contributed by atoms with Gasteiger partial charge >= 0.3 is 0 Å². The van der Waals surface area contributed by atoms with E-state index < -0.39 is 9.84 Å². The van der Waals surface area contributed by atoms with E-state index in [0.717, 1.165) is 25.9 Å². The molecule has 0 spiro atoms. The first kappa shape index (κ1) is 13.4. The lowest BCUT2D eigenvalue weighted by molar-refractivity contribution is 0.188. The number of nitrogens with two attached hydrogens (primary N) is 1. The zero-order valence-electron chi connectivity index (χ0n) is 10.6. The molecular formula is C11H20N4O2S. The maximum atomic E-state index is 11.1. The van der Waals surface area contributed by atoms with E-state index in [4.69, 9.17) is 5.73 Å². The second-order valence-corrected chi connectivity index (χ2v) is 7.22. The van der Waals surface area contributed by atoms with Gasteiger partial charge in [0.25, 0.3) is 0 Å². The minimum Gasteiger partial charge on any atom is -0.396 e. The lowest BCUT2D eigenvalue weighted by Crippen LogP contribution is -2.37. The Hall–Kier alpha value is -1.08. The minimum absolute atomic E-state index is 0.242. The molecule has 0 saturated carbocycles. The van der Waals surface area contributed by atoms with E-state index >= 15 is 0 Å². The van der Waals surface area contributed by atoms with E-state index in [1.165, 1.54) is 6.26 Å². The second-order valence-electron chi connectivity index (χ2n) is 4.96. The molecule has 2 N–H and O–H groups in total. The Bertz CT molecular complexity index is 489. The molecule has 6 nitrogen and oxygen atoms in total. The molecule has 7 heteroatoms. The number of aromatic nitrogens is 2. The van der Waals surface area contributed by atoms with Crippen molar-refractivity contribution in [1.29, 1.82) is 0 Å². The van der Waals surface area contributed by atoms with Crippen molar-refractivity contribution >= 4 is 15.5 Å². The third kappa shape index (κ3) is 3.71. The summed E-state index contributed by atoms with van der Waals surface area (Å²) < 4.78 is 24.1. The van der Waals surface area contributed by atoms with Crippen molar-refractivity contribution in [1.82, 2.24) is 14.7 Å². The summed E-state index contributed by atoms with van der Waals surface area (Å²) in [7, 11) is -2.86. The zero-order chi connectivity index (χ0) is 13.2. The number of anilines is 1. The molecule has 0 aromatic carbocycles. The van der Waals surface area contributed by atoms with Gasteiger partial charge in [-0.3, -0.25) is 4.68 Å². The molecule has 1 aromatic heterocycles. The Kier molecular flexibility index (Phi) is 3.91. The van der Waals surface area contributed by atoms with Crippen LogP contribution in [0, 0.1) is 0 Å². The fourth-order valence-electron chi connectivity index (χ4n) is 2.25. The first-order chi connectivity index (χ1) is 8.44. The predicted octanol–water partition coefficient (Wildman–Crippen LogP) is 0.147. The normalized spacial score (nSPS) is 19.2. The average Bonchev–Trinajstić information content (AvgIpc) is 2.73. The van der Waals surface area contributed by atoms with Crippen molar-refractivity contribution < 1.29 is 8.42 Å². The highest BCUT2D eigenvalue weighted by molar-refractivity contribution is 7.90. The lowest BCUT2D eigenvalue weighted by atomic mass is 10.1. The summed E-state index contributed by atoms with van der Waals surface area (Å²) in [6, 6.07) is 0.386. The van der Waals surface area contributed by atoms with Gasteiger partial charge in [-0.25, -0.2) is 8.42 Å². The molecular weight excluding hydrogens is 252 g/mol. The molecule has 18 heavy (non-hydrogen) atoms. The van der Waals surface area contributed by atoms with Crippen LogP contribution < -0.4 is 5.73 Å². The smallest absolute Gasteiger partial charge is 0.148 e. The van der Waals surface area contributed by atoms with Crippen molar-refractivity contribution in [3.8, 4) is 0 Å². The van der Waals surface area contributed by atoms with Crippen molar-refractivity contribution in [2.24, 2.45) is 0 Å². The molecule has 1 aliphatic heterocycles. The van der Waals surface area contributed by atoms with Gasteiger partial charge in [0.1, 0.15) is 9.84 Å². The number of piperidine rings is 1. The van der Waals surface area contributed by atoms with Crippen molar-refractivity contribution in [2.75, 3.05) is 37.4 Å². The highest BCUT2D eigenvalue weighted by Crippen LogP contribution is 2.22. The summed E-state index contributed by atoms with van der Waals surface area (Å²) in [5.41, 5.74) is 6.34. The molecule has 0 atom stereocenters. The largest absolute Gasteiger partial charge is 0.396 e.